The monoisotopic (exact) mass is 578 g/mol. The van der Waals surface area contributed by atoms with Crippen molar-refractivity contribution in [1.82, 2.24) is 24.6 Å². The number of halogens is 1. The van der Waals surface area contributed by atoms with Crippen molar-refractivity contribution in [2.75, 3.05) is 19.0 Å². The number of alkyl halides is 1. The second kappa shape index (κ2) is 12.0. The molecule has 0 bridgehead atoms. The van der Waals surface area contributed by atoms with Gasteiger partial charge in [-0.2, -0.15) is 5.09 Å². The normalized spacial score (nSPS) is 24.9. The minimum Gasteiger partial charge on any atom is -0.462 e. The molecule has 216 valence electrons. The van der Waals surface area contributed by atoms with Gasteiger partial charge in [-0.25, -0.2) is 23.9 Å². The van der Waals surface area contributed by atoms with E-state index >= 15 is 4.39 Å². The minimum atomic E-state index is -4.29. The molecular weight excluding hydrogens is 546 g/mol. The van der Waals surface area contributed by atoms with E-state index in [1.807, 2.05) is 0 Å². The number of rotatable bonds is 12. The third-order valence-corrected chi connectivity index (χ3v) is 7.73. The highest BCUT2D eigenvalue weighted by Gasteiger charge is 2.57. The molecule has 0 amide bonds. The van der Waals surface area contributed by atoms with E-state index in [-0.39, 0.29) is 11.4 Å². The first-order valence-electron chi connectivity index (χ1n) is 12.5. The molecule has 3 N–H and O–H groups in total. The van der Waals surface area contributed by atoms with Crippen molar-refractivity contribution in [3.8, 4) is 5.75 Å². The molecule has 0 saturated carbocycles. The number of carbonyl (C=O) groups excluding carboxylic acids is 1. The lowest BCUT2D eigenvalue weighted by Gasteiger charge is -2.26. The van der Waals surface area contributed by atoms with Crippen LogP contribution in [0.5, 0.6) is 5.75 Å². The van der Waals surface area contributed by atoms with Crippen molar-refractivity contribution in [2.24, 2.45) is 0 Å². The first-order valence-corrected chi connectivity index (χ1v) is 14.0. The molecule has 0 spiro atoms. The molecular formula is C25H32FN6O7P. The lowest BCUT2D eigenvalue weighted by Crippen LogP contribution is -2.42. The van der Waals surface area contributed by atoms with E-state index in [1.165, 1.54) is 24.1 Å². The number of aliphatic hydroxyl groups is 1. The van der Waals surface area contributed by atoms with Crippen molar-refractivity contribution in [3.63, 3.8) is 0 Å². The van der Waals surface area contributed by atoms with Crippen LogP contribution in [-0.4, -0.2) is 74.3 Å². The number of hydrogen-bond acceptors (Lipinski definition) is 11. The van der Waals surface area contributed by atoms with Gasteiger partial charge in [0, 0.05) is 7.05 Å². The van der Waals surface area contributed by atoms with E-state index in [0.29, 0.717) is 11.3 Å². The lowest BCUT2D eigenvalue weighted by molar-refractivity contribution is -0.149. The molecule has 2 aromatic heterocycles. The molecule has 3 heterocycles. The first-order chi connectivity index (χ1) is 19.0. The van der Waals surface area contributed by atoms with E-state index in [9.17, 15) is 14.5 Å². The summed E-state index contributed by atoms with van der Waals surface area (Å²) in [6, 6.07) is 7.04. The number of hydrogen-bond donors (Lipinski definition) is 3. The maximum absolute atomic E-state index is 16.2. The minimum absolute atomic E-state index is 0.185. The van der Waals surface area contributed by atoms with Crippen molar-refractivity contribution < 1.29 is 37.4 Å². The number of nitrogens with one attached hydrogen (secondary N) is 2. The molecule has 6 atom stereocenters. The number of ether oxygens (including phenoxy) is 2. The van der Waals surface area contributed by atoms with E-state index in [0.717, 1.165) is 6.08 Å². The van der Waals surface area contributed by atoms with Crippen LogP contribution in [0.1, 0.15) is 27.0 Å². The molecule has 4 rings (SSSR count). The van der Waals surface area contributed by atoms with Gasteiger partial charge in [0.1, 0.15) is 35.8 Å². The summed E-state index contributed by atoms with van der Waals surface area (Å²) in [4.78, 5) is 24.9. The average Bonchev–Trinajstić information content (AvgIpc) is 3.46. The third-order valence-electron chi connectivity index (χ3n) is 6.08. The number of benzene rings is 1. The van der Waals surface area contributed by atoms with Crippen molar-refractivity contribution in [3.05, 3.63) is 55.6 Å². The van der Waals surface area contributed by atoms with Gasteiger partial charge in [-0.05, 0) is 39.0 Å². The Balaban J connectivity index is 1.58. The summed E-state index contributed by atoms with van der Waals surface area (Å²) in [6.45, 7) is 7.74. The molecule has 0 unspecified atom stereocenters. The van der Waals surface area contributed by atoms with Gasteiger partial charge in [0.25, 0.3) is 0 Å². The number of carbonyl (C=O) groups is 1. The maximum atomic E-state index is 16.2. The van der Waals surface area contributed by atoms with Crippen molar-refractivity contribution >= 4 is 30.7 Å². The standard InChI is InChI=1S/C25H32FN6O7P/c1-6-25(26)20(33)18(38-24(25)32-14-30-19-21(27-5)28-13-29-22(19)32)12-36-40(35,39-17-10-8-7-9-11-17)31-16(4)23(34)37-15(2)3/h6-11,13-16,18,20,24,33H,1,12H2,2-5H3,(H,31,35)(H,27,28,29)/t16-,18-,20-,24-,25-,40-/m1/s1. The zero-order valence-corrected chi connectivity index (χ0v) is 23.3. The summed E-state index contributed by atoms with van der Waals surface area (Å²) < 4.78 is 53.6. The number of imidazole rings is 1. The molecule has 1 aliphatic heterocycles. The Kier molecular flexibility index (Phi) is 8.86. The molecule has 0 radical (unpaired) electrons. The van der Waals surface area contributed by atoms with Crippen LogP contribution < -0.4 is 14.9 Å². The fourth-order valence-corrected chi connectivity index (χ4v) is 5.62. The van der Waals surface area contributed by atoms with Gasteiger partial charge in [0.05, 0.1) is 19.0 Å². The Labute approximate surface area is 230 Å². The van der Waals surface area contributed by atoms with Gasteiger partial charge in [-0.3, -0.25) is 13.9 Å². The number of aromatic nitrogens is 4. The number of para-hydroxylation sites is 1. The smallest absolute Gasteiger partial charge is 0.459 e. The Hall–Kier alpha value is -3.42. The summed E-state index contributed by atoms with van der Waals surface area (Å²) in [6.07, 6.45) is -1.45. The van der Waals surface area contributed by atoms with Crippen LogP contribution in [0.4, 0.5) is 10.2 Å². The zero-order chi connectivity index (χ0) is 29.1. The fraction of sp³-hybridized carbons (Fsp3) is 0.440. The summed E-state index contributed by atoms with van der Waals surface area (Å²) in [7, 11) is -2.64. The number of aliphatic hydroxyl groups excluding tert-OH is 1. The molecule has 13 nitrogen and oxygen atoms in total. The predicted octanol–water partition coefficient (Wildman–Crippen LogP) is 3.15. The van der Waals surface area contributed by atoms with Crippen LogP contribution in [0.15, 0.2) is 55.6 Å². The van der Waals surface area contributed by atoms with E-state index in [1.54, 1.807) is 51.2 Å². The Morgan fingerprint density at radius 1 is 1.30 bits per heavy atom. The molecule has 1 fully saturated rings. The SMILES string of the molecule is C=C[C@@]1(F)[C@H](O)[C@@H](CO[P@](=O)(N[C@H](C)C(=O)OC(C)C)Oc2ccccc2)O[C@H]1n1cnc2c(NC)ncnc21. The number of anilines is 1. The third kappa shape index (κ3) is 6.01. The van der Waals surface area contributed by atoms with Crippen LogP contribution in [0, 0.1) is 0 Å². The average molecular weight is 579 g/mol. The molecule has 0 aliphatic carbocycles. The van der Waals surface area contributed by atoms with Gasteiger partial charge in [-0.15, -0.1) is 0 Å². The fourth-order valence-electron chi connectivity index (χ4n) is 4.12. The predicted molar refractivity (Wildman–Crippen MR) is 143 cm³/mol. The van der Waals surface area contributed by atoms with Crippen molar-refractivity contribution in [1.29, 1.82) is 0 Å². The number of nitrogens with zero attached hydrogens (tertiary/aromatic N) is 4. The maximum Gasteiger partial charge on any atom is 0.459 e. The van der Waals surface area contributed by atoms with Gasteiger partial charge < -0.3 is 24.4 Å². The number of fused-ring (bicyclic) bond motifs is 1. The van der Waals surface area contributed by atoms with Gasteiger partial charge in [0.2, 0.25) is 5.67 Å². The Morgan fingerprint density at radius 2 is 2.02 bits per heavy atom. The summed E-state index contributed by atoms with van der Waals surface area (Å²) >= 11 is 0. The summed E-state index contributed by atoms with van der Waals surface area (Å²) in [5.74, 6) is -0.0816. The quantitative estimate of drug-likeness (QED) is 0.164. The van der Waals surface area contributed by atoms with E-state index in [2.05, 4.69) is 31.9 Å². The molecule has 1 saturated heterocycles. The zero-order valence-electron chi connectivity index (χ0n) is 22.4. The highest BCUT2D eigenvalue weighted by molar-refractivity contribution is 7.52. The van der Waals surface area contributed by atoms with Gasteiger partial charge in [0.15, 0.2) is 17.7 Å². The van der Waals surface area contributed by atoms with E-state index in [4.69, 9.17) is 18.5 Å². The molecule has 1 aromatic carbocycles. The Bertz CT molecular complexity index is 1390. The van der Waals surface area contributed by atoms with Crippen LogP contribution in [-0.2, 0) is 23.4 Å². The van der Waals surface area contributed by atoms with Crippen LogP contribution in [0.2, 0.25) is 0 Å². The second-order valence-electron chi connectivity index (χ2n) is 9.33. The lowest BCUT2D eigenvalue weighted by atomic mass is 9.96. The van der Waals surface area contributed by atoms with Crippen LogP contribution in [0.25, 0.3) is 11.2 Å². The summed E-state index contributed by atoms with van der Waals surface area (Å²) in [5.41, 5.74) is -1.89. The first kappa shape index (κ1) is 29.6. The largest absolute Gasteiger partial charge is 0.462 e. The molecule has 3 aromatic rings. The molecule has 40 heavy (non-hydrogen) atoms. The van der Waals surface area contributed by atoms with Crippen LogP contribution >= 0.6 is 7.75 Å². The van der Waals surface area contributed by atoms with E-state index < -0.39 is 56.6 Å². The molecule has 1 aliphatic rings. The van der Waals surface area contributed by atoms with Crippen molar-refractivity contribution in [2.45, 2.75) is 57.0 Å². The number of esters is 1. The topological polar surface area (TPSA) is 159 Å². The Morgan fingerprint density at radius 3 is 2.67 bits per heavy atom. The van der Waals surface area contributed by atoms with Gasteiger partial charge >= 0.3 is 13.7 Å². The highest BCUT2D eigenvalue weighted by Crippen LogP contribution is 2.48. The molecule has 15 heteroatoms. The van der Waals surface area contributed by atoms with Crippen LogP contribution in [0.3, 0.4) is 0 Å². The second-order valence-corrected chi connectivity index (χ2v) is 11.0. The van der Waals surface area contributed by atoms with Gasteiger partial charge in [-0.1, -0.05) is 24.8 Å². The summed E-state index contributed by atoms with van der Waals surface area (Å²) in [5, 5.41) is 16.4. The highest BCUT2D eigenvalue weighted by atomic mass is 31.2.